The smallest absolute Gasteiger partial charge is 0.0621 e. The van der Waals surface area contributed by atoms with Crippen LogP contribution in [0.3, 0.4) is 0 Å². The van der Waals surface area contributed by atoms with Crippen molar-refractivity contribution in [2.24, 2.45) is 0 Å². The van der Waals surface area contributed by atoms with Gasteiger partial charge in [-0.15, -0.1) is 0 Å². The second-order valence-corrected chi connectivity index (χ2v) is 4.23. The molecule has 0 saturated carbocycles. The summed E-state index contributed by atoms with van der Waals surface area (Å²) in [5, 5.41) is 9.71. The number of aliphatic hydroxyl groups excluding tert-OH is 1. The van der Waals surface area contributed by atoms with E-state index in [1.54, 1.807) is 12.2 Å². The van der Waals surface area contributed by atoms with E-state index in [9.17, 15) is 5.11 Å². The van der Waals surface area contributed by atoms with E-state index in [-0.39, 0.29) is 6.10 Å². The number of aromatic nitrogens is 1. The Labute approximate surface area is 115 Å². The third-order valence-electron chi connectivity index (χ3n) is 3.16. The molecule has 1 unspecified atom stereocenters. The summed E-state index contributed by atoms with van der Waals surface area (Å²) in [6.45, 7) is 15.3. The van der Waals surface area contributed by atoms with Crippen LogP contribution in [0.15, 0.2) is 37.5 Å². The van der Waals surface area contributed by atoms with Gasteiger partial charge >= 0.3 is 0 Å². The Hall–Kier alpha value is -1.80. The van der Waals surface area contributed by atoms with E-state index in [0.717, 1.165) is 28.1 Å². The normalized spacial score (nSPS) is 17.7. The quantitative estimate of drug-likeness (QED) is 0.823. The fraction of sp³-hybridized carbons (Fsp3) is 0.294. The Kier molecular flexibility index (Phi) is 5.58. The number of nitrogens with one attached hydrogen (secondary N) is 1. The lowest BCUT2D eigenvalue weighted by atomic mass is 10.1. The average molecular weight is 257 g/mol. The number of aliphatic hydroxyl groups is 1. The lowest BCUT2D eigenvalue weighted by Gasteiger charge is -2.01. The molecule has 19 heavy (non-hydrogen) atoms. The molecule has 2 rings (SSSR count). The number of hydrogen-bond donors (Lipinski definition) is 2. The van der Waals surface area contributed by atoms with Crippen molar-refractivity contribution in [3.63, 3.8) is 0 Å². The Morgan fingerprint density at radius 2 is 1.84 bits per heavy atom. The highest BCUT2D eigenvalue weighted by molar-refractivity contribution is 5.75. The van der Waals surface area contributed by atoms with Gasteiger partial charge in [0.2, 0.25) is 0 Å². The number of H-pyrrole nitrogens is 1. The number of hydrogen-bond acceptors (Lipinski definition) is 1. The van der Waals surface area contributed by atoms with E-state index in [0.29, 0.717) is 12.8 Å². The van der Waals surface area contributed by atoms with E-state index in [4.69, 9.17) is 0 Å². The molecule has 0 spiro atoms. The van der Waals surface area contributed by atoms with Gasteiger partial charge in [0.25, 0.3) is 0 Å². The maximum absolute atomic E-state index is 9.71. The first-order valence-electron chi connectivity index (χ1n) is 6.70. The third-order valence-corrected chi connectivity index (χ3v) is 3.16. The predicted molar refractivity (Wildman–Crippen MR) is 84.7 cm³/mol. The van der Waals surface area contributed by atoms with Crippen LogP contribution >= 0.6 is 0 Å². The summed E-state index contributed by atoms with van der Waals surface area (Å²) in [6.07, 6.45) is 6.48. The van der Waals surface area contributed by atoms with Crippen molar-refractivity contribution < 1.29 is 5.11 Å². The molecule has 0 amide bonds. The number of aromatic amines is 1. The minimum atomic E-state index is -0.291. The Morgan fingerprint density at radius 1 is 1.16 bits per heavy atom. The van der Waals surface area contributed by atoms with E-state index in [2.05, 4.69) is 24.7 Å². The largest absolute Gasteiger partial charge is 0.392 e. The van der Waals surface area contributed by atoms with E-state index in [1.165, 1.54) is 0 Å². The molecule has 0 fully saturated rings. The summed E-state index contributed by atoms with van der Waals surface area (Å²) < 4.78 is 0. The van der Waals surface area contributed by atoms with Crippen molar-refractivity contribution in [1.29, 1.82) is 0 Å². The second-order valence-electron chi connectivity index (χ2n) is 4.23. The fourth-order valence-electron chi connectivity index (χ4n) is 2.29. The fourth-order valence-corrected chi connectivity index (χ4v) is 2.29. The van der Waals surface area contributed by atoms with E-state index < -0.39 is 0 Å². The van der Waals surface area contributed by atoms with Crippen molar-refractivity contribution >= 4 is 17.7 Å². The van der Waals surface area contributed by atoms with Gasteiger partial charge in [0, 0.05) is 17.8 Å². The van der Waals surface area contributed by atoms with Crippen LogP contribution in [0, 0.1) is 0 Å². The number of rotatable bonds is 4. The lowest BCUT2D eigenvalue weighted by Crippen LogP contribution is -1.98. The van der Waals surface area contributed by atoms with Gasteiger partial charge < -0.3 is 10.1 Å². The van der Waals surface area contributed by atoms with Crippen LogP contribution in [0.5, 0.6) is 0 Å². The topological polar surface area (TPSA) is 36.0 Å². The van der Waals surface area contributed by atoms with E-state index in [1.807, 2.05) is 26.0 Å². The molecule has 0 saturated heterocycles. The van der Waals surface area contributed by atoms with Gasteiger partial charge in [-0.05, 0) is 35.3 Å². The highest BCUT2D eigenvalue weighted by Crippen LogP contribution is 2.35. The summed E-state index contributed by atoms with van der Waals surface area (Å²) in [6, 6.07) is 2.04. The van der Waals surface area contributed by atoms with Crippen molar-refractivity contribution in [2.45, 2.75) is 32.8 Å². The Balaban J connectivity index is 0.000000861. The molecular weight excluding hydrogens is 234 g/mol. The SMILES string of the molecule is C=CC1=C(c2cc(C=C)c(C=C)[nH]2)CC(O)C1.CC. The van der Waals surface area contributed by atoms with Crippen molar-refractivity contribution in [2.75, 3.05) is 0 Å². The minimum Gasteiger partial charge on any atom is -0.392 e. The highest BCUT2D eigenvalue weighted by atomic mass is 16.3. The molecule has 0 radical (unpaired) electrons. The van der Waals surface area contributed by atoms with Crippen LogP contribution in [-0.2, 0) is 0 Å². The molecule has 1 aromatic heterocycles. The molecule has 1 atom stereocenters. The van der Waals surface area contributed by atoms with Crippen LogP contribution in [0.1, 0.15) is 43.6 Å². The molecule has 0 aliphatic heterocycles. The summed E-state index contributed by atoms with van der Waals surface area (Å²) in [5.74, 6) is 0. The van der Waals surface area contributed by atoms with Gasteiger partial charge in [-0.25, -0.2) is 0 Å². The maximum atomic E-state index is 9.71. The first kappa shape index (κ1) is 15.3. The zero-order chi connectivity index (χ0) is 14.4. The molecule has 0 bridgehead atoms. The zero-order valence-corrected chi connectivity index (χ0v) is 11.9. The number of allylic oxidation sites excluding steroid dienone is 1. The Bertz CT molecular complexity index is 480. The van der Waals surface area contributed by atoms with Gasteiger partial charge in [-0.3, -0.25) is 0 Å². The van der Waals surface area contributed by atoms with Crippen LogP contribution in [0.25, 0.3) is 17.7 Å². The molecule has 102 valence electrons. The molecular formula is C17H23NO. The minimum absolute atomic E-state index is 0.291. The molecule has 0 aromatic carbocycles. The predicted octanol–water partition coefficient (Wildman–Crippen LogP) is 4.42. The molecule has 2 nitrogen and oxygen atoms in total. The van der Waals surface area contributed by atoms with Gasteiger partial charge in [-0.2, -0.15) is 0 Å². The summed E-state index contributed by atoms with van der Waals surface area (Å²) in [7, 11) is 0. The van der Waals surface area contributed by atoms with Crippen LogP contribution in [-0.4, -0.2) is 16.2 Å². The summed E-state index contributed by atoms with van der Waals surface area (Å²) in [4.78, 5) is 3.30. The molecule has 1 aromatic rings. The first-order chi connectivity index (χ1) is 9.19. The Morgan fingerprint density at radius 3 is 2.32 bits per heavy atom. The molecule has 1 heterocycles. The maximum Gasteiger partial charge on any atom is 0.0621 e. The summed E-state index contributed by atoms with van der Waals surface area (Å²) >= 11 is 0. The van der Waals surface area contributed by atoms with Crippen molar-refractivity contribution in [3.8, 4) is 0 Å². The second kappa shape index (κ2) is 6.95. The van der Waals surface area contributed by atoms with Crippen LogP contribution < -0.4 is 0 Å². The lowest BCUT2D eigenvalue weighted by molar-refractivity contribution is 0.189. The van der Waals surface area contributed by atoms with Crippen LogP contribution in [0.4, 0.5) is 0 Å². The van der Waals surface area contributed by atoms with Crippen molar-refractivity contribution in [3.05, 3.63) is 54.4 Å². The monoisotopic (exact) mass is 257 g/mol. The summed E-state index contributed by atoms with van der Waals surface area (Å²) in [5.41, 5.74) is 5.29. The average Bonchev–Trinajstić information content (AvgIpc) is 3.03. The van der Waals surface area contributed by atoms with Crippen LogP contribution in [0.2, 0.25) is 0 Å². The molecule has 1 aliphatic carbocycles. The zero-order valence-electron chi connectivity index (χ0n) is 11.9. The highest BCUT2D eigenvalue weighted by Gasteiger charge is 2.22. The van der Waals surface area contributed by atoms with Gasteiger partial charge in [0.05, 0.1) is 6.10 Å². The van der Waals surface area contributed by atoms with Gasteiger partial charge in [-0.1, -0.05) is 45.7 Å². The molecule has 2 heteroatoms. The van der Waals surface area contributed by atoms with Gasteiger partial charge in [0.15, 0.2) is 0 Å². The van der Waals surface area contributed by atoms with E-state index >= 15 is 0 Å². The first-order valence-corrected chi connectivity index (χ1v) is 6.70. The van der Waals surface area contributed by atoms with Gasteiger partial charge in [0.1, 0.15) is 0 Å². The standard InChI is InChI=1S/C15H17NO.C2H6/c1-4-10-7-12(17)9-13(10)15-8-11(5-2)14(6-3)16-15;1-2/h4-6,8,12,16-17H,1-3,7,9H2;1-2H3. The molecule has 1 aliphatic rings. The molecule has 2 N–H and O–H groups in total. The third kappa shape index (κ3) is 3.15. The van der Waals surface area contributed by atoms with Crippen molar-refractivity contribution in [1.82, 2.24) is 4.98 Å².